The van der Waals surface area contributed by atoms with E-state index in [0.29, 0.717) is 23.2 Å². The van der Waals surface area contributed by atoms with E-state index < -0.39 is 0 Å². The maximum atomic E-state index is 13.4. The van der Waals surface area contributed by atoms with Crippen molar-refractivity contribution in [1.29, 1.82) is 0 Å². The van der Waals surface area contributed by atoms with Crippen LogP contribution in [0, 0.1) is 12.7 Å². The van der Waals surface area contributed by atoms with Crippen LogP contribution in [0.2, 0.25) is 0 Å². The van der Waals surface area contributed by atoms with E-state index in [4.69, 9.17) is 0 Å². The average Bonchev–Trinajstić information content (AvgIpc) is 2.27. The Labute approximate surface area is 109 Å². The number of rotatable bonds is 3. The molecule has 0 aromatic heterocycles. The first kappa shape index (κ1) is 14.0. The first-order valence-corrected chi connectivity index (χ1v) is 6.30. The Hall–Kier alpha value is -1.10. The zero-order chi connectivity index (χ0) is 13.0. The normalized spacial score (nSPS) is 10.2. The number of anilines is 1. The molecule has 0 atom stereocenters. The largest absolute Gasteiger partial charge is 0.325 e. The van der Waals surface area contributed by atoms with Crippen LogP contribution in [0.15, 0.2) is 16.6 Å². The molecule has 3 nitrogen and oxygen atoms in total. The Balaban J connectivity index is 2.88. The summed E-state index contributed by atoms with van der Waals surface area (Å²) in [6, 6.07) is 2.76. The summed E-state index contributed by atoms with van der Waals surface area (Å²) in [5.74, 6) is -0.384. The molecule has 5 heteroatoms. The second-order valence-corrected chi connectivity index (χ2v) is 4.54. The number of hydrogen-bond acceptors (Lipinski definition) is 1. The molecule has 0 fully saturated rings. The van der Waals surface area contributed by atoms with Crippen LogP contribution in [0.5, 0.6) is 0 Å². The first-order chi connectivity index (χ1) is 7.99. The third-order valence-electron chi connectivity index (χ3n) is 2.56. The molecule has 0 aliphatic rings. The molecule has 1 aromatic carbocycles. The van der Waals surface area contributed by atoms with Crippen molar-refractivity contribution in [3.63, 3.8) is 0 Å². The van der Waals surface area contributed by atoms with Gasteiger partial charge in [-0.05, 0) is 54.4 Å². The molecule has 17 heavy (non-hydrogen) atoms. The highest BCUT2D eigenvalue weighted by Crippen LogP contribution is 2.24. The summed E-state index contributed by atoms with van der Waals surface area (Å²) in [7, 11) is 0. The number of carbonyl (C=O) groups excluding carboxylic acids is 1. The Kier molecular flexibility index (Phi) is 4.93. The van der Waals surface area contributed by atoms with Crippen LogP contribution in [0.3, 0.4) is 0 Å². The van der Waals surface area contributed by atoms with Crippen LogP contribution in [0.1, 0.15) is 19.4 Å². The molecule has 94 valence electrons. The van der Waals surface area contributed by atoms with Crippen molar-refractivity contribution in [2.45, 2.75) is 20.8 Å². The van der Waals surface area contributed by atoms with E-state index in [1.54, 1.807) is 11.0 Å². The van der Waals surface area contributed by atoms with Crippen LogP contribution in [-0.4, -0.2) is 24.0 Å². The van der Waals surface area contributed by atoms with Gasteiger partial charge in [0.1, 0.15) is 5.82 Å². The molecule has 0 aliphatic carbocycles. The predicted molar refractivity (Wildman–Crippen MR) is 70.8 cm³/mol. The molecule has 0 saturated carbocycles. The molecule has 1 rings (SSSR count). The monoisotopic (exact) mass is 302 g/mol. The summed E-state index contributed by atoms with van der Waals surface area (Å²) in [5, 5.41) is 2.71. The number of urea groups is 1. The summed E-state index contributed by atoms with van der Waals surface area (Å²) in [6.07, 6.45) is 0. The van der Waals surface area contributed by atoms with Crippen molar-refractivity contribution in [2.75, 3.05) is 18.4 Å². The molecule has 1 aromatic rings. The van der Waals surface area contributed by atoms with Crippen LogP contribution < -0.4 is 5.32 Å². The first-order valence-electron chi connectivity index (χ1n) is 5.51. The quantitative estimate of drug-likeness (QED) is 0.905. The van der Waals surface area contributed by atoms with Gasteiger partial charge in [0.2, 0.25) is 0 Å². The summed E-state index contributed by atoms with van der Waals surface area (Å²) in [6.45, 7) is 6.87. The van der Waals surface area contributed by atoms with Gasteiger partial charge in [-0.25, -0.2) is 9.18 Å². The fraction of sp³-hybridized carbons (Fsp3) is 0.417. The van der Waals surface area contributed by atoms with E-state index in [1.165, 1.54) is 6.07 Å². The number of benzene rings is 1. The summed E-state index contributed by atoms with van der Waals surface area (Å²) >= 11 is 3.10. The molecular formula is C12H16BrFN2O. The highest BCUT2D eigenvalue weighted by molar-refractivity contribution is 9.10. The SMILES string of the molecule is CCN(CC)C(=O)Nc1cc(F)c(Br)cc1C. The van der Waals surface area contributed by atoms with E-state index in [2.05, 4.69) is 21.2 Å². The molecule has 0 bridgehead atoms. The number of nitrogens with one attached hydrogen (secondary N) is 1. The third kappa shape index (κ3) is 3.43. The lowest BCUT2D eigenvalue weighted by Gasteiger charge is -2.20. The zero-order valence-electron chi connectivity index (χ0n) is 10.2. The van der Waals surface area contributed by atoms with Crippen molar-refractivity contribution in [2.24, 2.45) is 0 Å². The lowest BCUT2D eigenvalue weighted by molar-refractivity contribution is 0.217. The average molecular weight is 303 g/mol. The van der Waals surface area contributed by atoms with Gasteiger partial charge in [-0.2, -0.15) is 0 Å². The molecule has 0 aliphatic heterocycles. The molecular weight excluding hydrogens is 287 g/mol. The van der Waals surface area contributed by atoms with Gasteiger partial charge in [-0.3, -0.25) is 0 Å². The maximum Gasteiger partial charge on any atom is 0.321 e. The summed E-state index contributed by atoms with van der Waals surface area (Å²) in [4.78, 5) is 13.4. The van der Waals surface area contributed by atoms with Gasteiger partial charge in [0, 0.05) is 18.8 Å². The van der Waals surface area contributed by atoms with E-state index >= 15 is 0 Å². The van der Waals surface area contributed by atoms with Crippen LogP contribution in [-0.2, 0) is 0 Å². The molecule has 0 heterocycles. The molecule has 2 amide bonds. The van der Waals surface area contributed by atoms with Gasteiger partial charge >= 0.3 is 6.03 Å². The van der Waals surface area contributed by atoms with Crippen molar-refractivity contribution in [3.05, 3.63) is 28.0 Å². The smallest absolute Gasteiger partial charge is 0.321 e. The standard InChI is InChI=1S/C12H16BrFN2O/c1-4-16(5-2)12(17)15-11-7-10(14)9(13)6-8(11)3/h6-7H,4-5H2,1-3H3,(H,15,17). The number of carbonyl (C=O) groups is 1. The minimum absolute atomic E-state index is 0.208. The lowest BCUT2D eigenvalue weighted by atomic mass is 10.2. The number of halogens is 2. The van der Waals surface area contributed by atoms with Crippen LogP contribution in [0.4, 0.5) is 14.9 Å². The third-order valence-corrected chi connectivity index (χ3v) is 3.17. The van der Waals surface area contributed by atoms with Crippen molar-refractivity contribution < 1.29 is 9.18 Å². The van der Waals surface area contributed by atoms with E-state index in [1.807, 2.05) is 20.8 Å². The summed E-state index contributed by atoms with van der Waals surface area (Å²) in [5.41, 5.74) is 1.32. The maximum absolute atomic E-state index is 13.4. The van der Waals surface area contributed by atoms with Gasteiger partial charge < -0.3 is 10.2 Å². The number of nitrogens with zero attached hydrogens (tertiary/aromatic N) is 1. The molecule has 0 unspecified atom stereocenters. The Morgan fingerprint density at radius 3 is 2.53 bits per heavy atom. The minimum Gasteiger partial charge on any atom is -0.325 e. The number of aryl methyl sites for hydroxylation is 1. The van der Waals surface area contributed by atoms with Crippen LogP contribution >= 0.6 is 15.9 Å². The molecule has 0 saturated heterocycles. The van der Waals surface area contributed by atoms with Crippen molar-refractivity contribution >= 4 is 27.6 Å². The Morgan fingerprint density at radius 1 is 1.41 bits per heavy atom. The fourth-order valence-corrected chi connectivity index (χ4v) is 1.94. The second kappa shape index (κ2) is 6.00. The predicted octanol–water partition coefficient (Wildman–Crippen LogP) is 3.77. The zero-order valence-corrected chi connectivity index (χ0v) is 11.8. The highest BCUT2D eigenvalue weighted by atomic mass is 79.9. The minimum atomic E-state index is -0.384. The second-order valence-electron chi connectivity index (χ2n) is 3.68. The lowest BCUT2D eigenvalue weighted by Crippen LogP contribution is -2.34. The molecule has 1 N–H and O–H groups in total. The fourth-order valence-electron chi connectivity index (χ4n) is 1.49. The van der Waals surface area contributed by atoms with E-state index in [9.17, 15) is 9.18 Å². The highest BCUT2D eigenvalue weighted by Gasteiger charge is 2.12. The number of amides is 2. The van der Waals surface area contributed by atoms with Gasteiger partial charge in [0.25, 0.3) is 0 Å². The molecule has 0 radical (unpaired) electrons. The number of hydrogen-bond donors (Lipinski definition) is 1. The Bertz CT molecular complexity index is 419. The van der Waals surface area contributed by atoms with Crippen molar-refractivity contribution in [3.8, 4) is 0 Å². The van der Waals surface area contributed by atoms with Gasteiger partial charge in [0.05, 0.1) is 4.47 Å². The van der Waals surface area contributed by atoms with E-state index in [0.717, 1.165) is 5.56 Å². The Morgan fingerprint density at radius 2 is 2.00 bits per heavy atom. The molecule has 0 spiro atoms. The van der Waals surface area contributed by atoms with Crippen LogP contribution in [0.25, 0.3) is 0 Å². The van der Waals surface area contributed by atoms with Crippen molar-refractivity contribution in [1.82, 2.24) is 4.90 Å². The van der Waals surface area contributed by atoms with Gasteiger partial charge in [-0.1, -0.05) is 0 Å². The topological polar surface area (TPSA) is 32.3 Å². The van der Waals surface area contributed by atoms with Gasteiger partial charge in [-0.15, -0.1) is 0 Å². The summed E-state index contributed by atoms with van der Waals surface area (Å²) < 4.78 is 13.8. The van der Waals surface area contributed by atoms with Gasteiger partial charge in [0.15, 0.2) is 0 Å². The van der Waals surface area contributed by atoms with E-state index in [-0.39, 0.29) is 11.8 Å².